The van der Waals surface area contributed by atoms with Crippen molar-refractivity contribution >= 4 is 11.8 Å². The van der Waals surface area contributed by atoms with Crippen molar-refractivity contribution in [3.05, 3.63) is 11.8 Å². The average molecular weight is 184 g/mol. The summed E-state index contributed by atoms with van der Waals surface area (Å²) >= 11 is 0. The molecular weight excluding hydrogens is 172 g/mol. The van der Waals surface area contributed by atoms with E-state index in [1.54, 1.807) is 13.0 Å². The molecule has 0 fully saturated rings. The summed E-state index contributed by atoms with van der Waals surface area (Å²) in [5.74, 6) is -0.493. The molecule has 0 radical (unpaired) electrons. The van der Waals surface area contributed by atoms with E-state index >= 15 is 0 Å². The second kappa shape index (κ2) is 4.64. The molecule has 72 valence electrons. The second-order valence-electron chi connectivity index (χ2n) is 2.61. The highest BCUT2D eigenvalue weighted by molar-refractivity contribution is 6.04. The first-order valence-corrected chi connectivity index (χ1v) is 4.25. The molecule has 0 amide bonds. The van der Waals surface area contributed by atoms with Gasteiger partial charge < -0.3 is 9.47 Å². The fourth-order valence-corrected chi connectivity index (χ4v) is 1.04. The number of carbonyl (C=O) groups is 2. The Morgan fingerprint density at radius 1 is 1.62 bits per heavy atom. The Balaban J connectivity index is 2.36. The van der Waals surface area contributed by atoms with Crippen LogP contribution in [-0.4, -0.2) is 25.0 Å². The van der Waals surface area contributed by atoms with Crippen molar-refractivity contribution in [3.8, 4) is 0 Å². The summed E-state index contributed by atoms with van der Waals surface area (Å²) in [4.78, 5) is 22.1. The van der Waals surface area contributed by atoms with Crippen LogP contribution in [0.4, 0.5) is 0 Å². The summed E-state index contributed by atoms with van der Waals surface area (Å²) in [6.45, 7) is 2.53. The monoisotopic (exact) mass is 184 g/mol. The van der Waals surface area contributed by atoms with Gasteiger partial charge in [0.05, 0.1) is 13.2 Å². The van der Waals surface area contributed by atoms with E-state index in [0.717, 1.165) is 6.42 Å². The van der Waals surface area contributed by atoms with Crippen molar-refractivity contribution < 1.29 is 19.1 Å². The quantitative estimate of drug-likeness (QED) is 0.479. The van der Waals surface area contributed by atoms with E-state index in [1.165, 1.54) is 0 Å². The summed E-state index contributed by atoms with van der Waals surface area (Å²) in [5, 5.41) is 0. The van der Waals surface area contributed by atoms with Crippen LogP contribution in [0.2, 0.25) is 0 Å². The molecule has 0 unspecified atom stereocenters. The molecule has 1 rings (SSSR count). The molecule has 1 aliphatic heterocycles. The van der Waals surface area contributed by atoms with Gasteiger partial charge in [-0.1, -0.05) is 0 Å². The Morgan fingerprint density at radius 3 is 2.92 bits per heavy atom. The van der Waals surface area contributed by atoms with Crippen molar-refractivity contribution in [2.75, 3.05) is 13.2 Å². The number of carbonyl (C=O) groups excluding carboxylic acids is 2. The smallest absolute Gasteiger partial charge is 0.313 e. The molecule has 13 heavy (non-hydrogen) atoms. The highest BCUT2D eigenvalue weighted by Crippen LogP contribution is 2.11. The Kier molecular flexibility index (Phi) is 3.49. The third-order valence-electron chi connectivity index (χ3n) is 1.59. The fraction of sp³-hybridized carbons (Fsp3) is 0.556. The highest BCUT2D eigenvalue weighted by atomic mass is 16.5. The number of hydrogen-bond acceptors (Lipinski definition) is 4. The van der Waals surface area contributed by atoms with Gasteiger partial charge in [0.2, 0.25) is 5.78 Å². The molecule has 4 heteroatoms. The minimum absolute atomic E-state index is 0.223. The SMILES string of the molecule is CCOC(=O)CC(=O)C1=CCCO1. The lowest BCUT2D eigenvalue weighted by Crippen LogP contribution is -2.13. The van der Waals surface area contributed by atoms with Crippen LogP contribution in [0.3, 0.4) is 0 Å². The predicted molar refractivity (Wildman–Crippen MR) is 44.9 cm³/mol. The second-order valence-corrected chi connectivity index (χ2v) is 2.61. The number of allylic oxidation sites excluding steroid dienone is 1. The minimum Gasteiger partial charge on any atom is -0.490 e. The number of rotatable bonds is 4. The number of ether oxygens (including phenoxy) is 2. The molecule has 0 bridgehead atoms. The van der Waals surface area contributed by atoms with Crippen molar-refractivity contribution in [2.45, 2.75) is 19.8 Å². The van der Waals surface area contributed by atoms with E-state index in [2.05, 4.69) is 4.74 Å². The molecule has 0 spiro atoms. The Bertz CT molecular complexity index is 242. The lowest BCUT2D eigenvalue weighted by molar-refractivity contribution is -0.145. The van der Waals surface area contributed by atoms with Crippen LogP contribution in [0.15, 0.2) is 11.8 Å². The third kappa shape index (κ3) is 2.89. The van der Waals surface area contributed by atoms with Crippen molar-refractivity contribution in [1.29, 1.82) is 0 Å². The zero-order chi connectivity index (χ0) is 9.68. The fourth-order valence-electron chi connectivity index (χ4n) is 1.04. The third-order valence-corrected chi connectivity index (χ3v) is 1.59. The van der Waals surface area contributed by atoms with Gasteiger partial charge in [0.25, 0.3) is 0 Å². The van der Waals surface area contributed by atoms with E-state index in [9.17, 15) is 9.59 Å². The molecule has 1 heterocycles. The van der Waals surface area contributed by atoms with Gasteiger partial charge in [-0.3, -0.25) is 9.59 Å². The van der Waals surface area contributed by atoms with Gasteiger partial charge >= 0.3 is 5.97 Å². The van der Waals surface area contributed by atoms with Crippen LogP contribution >= 0.6 is 0 Å². The highest BCUT2D eigenvalue weighted by Gasteiger charge is 2.18. The molecule has 0 saturated carbocycles. The summed E-state index contributed by atoms with van der Waals surface area (Å²) in [7, 11) is 0. The lowest BCUT2D eigenvalue weighted by Gasteiger charge is -2.02. The van der Waals surface area contributed by atoms with Crippen molar-refractivity contribution in [1.82, 2.24) is 0 Å². The topological polar surface area (TPSA) is 52.6 Å². The first-order valence-electron chi connectivity index (χ1n) is 4.25. The maximum Gasteiger partial charge on any atom is 0.313 e. The van der Waals surface area contributed by atoms with Gasteiger partial charge in [-0.15, -0.1) is 0 Å². The zero-order valence-corrected chi connectivity index (χ0v) is 7.54. The van der Waals surface area contributed by atoms with Crippen LogP contribution in [0.1, 0.15) is 19.8 Å². The van der Waals surface area contributed by atoms with Crippen LogP contribution in [0.25, 0.3) is 0 Å². The normalized spacial score (nSPS) is 14.7. The molecule has 4 nitrogen and oxygen atoms in total. The van der Waals surface area contributed by atoms with E-state index in [0.29, 0.717) is 19.0 Å². The molecule has 1 aliphatic rings. The van der Waals surface area contributed by atoms with Gasteiger partial charge in [-0.25, -0.2) is 0 Å². The Labute approximate surface area is 76.5 Å². The molecule has 0 aromatic heterocycles. The van der Waals surface area contributed by atoms with Gasteiger partial charge in [0.1, 0.15) is 6.42 Å². The largest absolute Gasteiger partial charge is 0.490 e. The average Bonchev–Trinajstić information content (AvgIpc) is 2.55. The first kappa shape index (κ1) is 9.77. The summed E-state index contributed by atoms with van der Waals surface area (Å²) in [6, 6.07) is 0. The van der Waals surface area contributed by atoms with E-state index in [4.69, 9.17) is 4.74 Å². The van der Waals surface area contributed by atoms with Crippen LogP contribution in [0.5, 0.6) is 0 Å². The molecule has 0 aliphatic carbocycles. The maximum absolute atomic E-state index is 11.2. The lowest BCUT2D eigenvalue weighted by atomic mass is 10.2. The molecular formula is C9H12O4. The molecule has 0 aromatic rings. The first-order chi connectivity index (χ1) is 6.24. The molecule has 0 N–H and O–H groups in total. The van der Waals surface area contributed by atoms with E-state index in [1.807, 2.05) is 0 Å². The van der Waals surface area contributed by atoms with Gasteiger partial charge in [-0.05, 0) is 13.0 Å². The van der Waals surface area contributed by atoms with Crippen molar-refractivity contribution in [3.63, 3.8) is 0 Å². The van der Waals surface area contributed by atoms with Crippen LogP contribution in [-0.2, 0) is 19.1 Å². The van der Waals surface area contributed by atoms with E-state index < -0.39 is 5.97 Å². The van der Waals surface area contributed by atoms with E-state index in [-0.39, 0.29) is 12.2 Å². The van der Waals surface area contributed by atoms with Gasteiger partial charge in [0.15, 0.2) is 5.76 Å². The summed E-state index contributed by atoms with van der Waals surface area (Å²) < 4.78 is 9.63. The Morgan fingerprint density at radius 2 is 2.38 bits per heavy atom. The maximum atomic E-state index is 11.2. The molecule has 0 atom stereocenters. The molecule has 0 saturated heterocycles. The summed E-state index contributed by atoms with van der Waals surface area (Å²) in [6.07, 6.45) is 2.21. The van der Waals surface area contributed by atoms with Gasteiger partial charge in [0, 0.05) is 6.42 Å². The van der Waals surface area contributed by atoms with Gasteiger partial charge in [-0.2, -0.15) is 0 Å². The number of esters is 1. The summed E-state index contributed by atoms with van der Waals surface area (Å²) in [5.41, 5.74) is 0. The standard InChI is InChI=1S/C9H12O4/c1-2-12-9(11)6-7(10)8-4-3-5-13-8/h4H,2-3,5-6H2,1H3. The zero-order valence-electron chi connectivity index (χ0n) is 7.54. The number of Topliss-reactive ketones (excluding diaryl/α,β-unsaturated/α-hetero) is 1. The number of ketones is 1. The van der Waals surface area contributed by atoms with Crippen LogP contribution < -0.4 is 0 Å². The predicted octanol–water partition coefficient (Wildman–Crippen LogP) is 0.813. The number of hydrogen-bond donors (Lipinski definition) is 0. The van der Waals surface area contributed by atoms with Crippen LogP contribution in [0, 0.1) is 0 Å². The Hall–Kier alpha value is -1.32. The van der Waals surface area contributed by atoms with Crippen molar-refractivity contribution in [2.24, 2.45) is 0 Å². The minimum atomic E-state index is -0.496. The molecule has 0 aromatic carbocycles.